The van der Waals surface area contributed by atoms with Crippen LogP contribution in [0, 0.1) is 25.2 Å². The Morgan fingerprint density at radius 2 is 1.82 bits per heavy atom. The molecule has 2 aromatic heterocycles. The third-order valence-corrected chi connectivity index (χ3v) is 5.57. The second kappa shape index (κ2) is 9.73. The van der Waals surface area contributed by atoms with Crippen LogP contribution in [0.3, 0.4) is 0 Å². The standard InChI is InChI=1S/C26H19BrN4O3/c1-16-5-9-20(10-6-16)29-24(32)18(15-28)14-22-25(34-21-11-7-19(27)8-12-21)30-23-17(2)4-3-13-31(23)26(22)33/h3-14H,1-2H3,(H,29,32). The molecule has 4 rings (SSSR count). The maximum absolute atomic E-state index is 13.4. The molecule has 7 nitrogen and oxygen atoms in total. The van der Waals surface area contributed by atoms with Gasteiger partial charge in [0.05, 0.1) is 0 Å². The summed E-state index contributed by atoms with van der Waals surface area (Å²) in [6.07, 6.45) is 2.79. The molecule has 0 fully saturated rings. The Labute approximate surface area is 204 Å². The zero-order chi connectivity index (χ0) is 24.2. The van der Waals surface area contributed by atoms with Crippen LogP contribution in [0.25, 0.3) is 11.7 Å². The molecule has 0 unspecified atom stereocenters. The van der Waals surface area contributed by atoms with E-state index in [0.29, 0.717) is 17.1 Å². The van der Waals surface area contributed by atoms with E-state index in [1.807, 2.05) is 38.1 Å². The van der Waals surface area contributed by atoms with Crippen molar-refractivity contribution in [3.05, 3.63) is 104 Å². The first-order chi connectivity index (χ1) is 16.4. The van der Waals surface area contributed by atoms with Gasteiger partial charge in [0.2, 0.25) is 5.88 Å². The number of aryl methyl sites for hydroxylation is 2. The molecule has 168 valence electrons. The van der Waals surface area contributed by atoms with Gasteiger partial charge >= 0.3 is 0 Å². The summed E-state index contributed by atoms with van der Waals surface area (Å²) in [6, 6.07) is 19.6. The van der Waals surface area contributed by atoms with Gasteiger partial charge in [0, 0.05) is 16.4 Å². The first-order valence-corrected chi connectivity index (χ1v) is 11.1. The fourth-order valence-corrected chi connectivity index (χ4v) is 3.50. The van der Waals surface area contributed by atoms with E-state index >= 15 is 0 Å². The number of benzene rings is 2. The molecule has 0 radical (unpaired) electrons. The molecule has 1 amide bonds. The third-order valence-electron chi connectivity index (χ3n) is 5.04. The van der Waals surface area contributed by atoms with E-state index in [1.54, 1.807) is 48.7 Å². The highest BCUT2D eigenvalue weighted by Crippen LogP contribution is 2.26. The van der Waals surface area contributed by atoms with Gasteiger partial charge in [-0.25, -0.2) is 0 Å². The predicted octanol–water partition coefficient (Wildman–Crippen LogP) is 5.41. The lowest BCUT2D eigenvalue weighted by Crippen LogP contribution is -2.20. The van der Waals surface area contributed by atoms with Gasteiger partial charge in [-0.15, -0.1) is 0 Å². The number of nitrogens with one attached hydrogen (secondary N) is 1. The van der Waals surface area contributed by atoms with Gasteiger partial charge in [-0.2, -0.15) is 10.2 Å². The van der Waals surface area contributed by atoms with Gasteiger partial charge in [-0.3, -0.25) is 14.0 Å². The molecular formula is C26H19BrN4O3. The first kappa shape index (κ1) is 23.0. The molecule has 34 heavy (non-hydrogen) atoms. The Hall–Kier alpha value is -4.22. The van der Waals surface area contributed by atoms with Crippen molar-refractivity contribution in [1.29, 1.82) is 5.26 Å². The minimum atomic E-state index is -0.644. The number of amides is 1. The molecule has 0 aliphatic carbocycles. The average Bonchev–Trinajstić information content (AvgIpc) is 2.82. The fourth-order valence-electron chi connectivity index (χ4n) is 3.24. The largest absolute Gasteiger partial charge is 0.438 e. The van der Waals surface area contributed by atoms with E-state index in [1.165, 1.54) is 10.5 Å². The first-order valence-electron chi connectivity index (χ1n) is 10.3. The predicted molar refractivity (Wildman–Crippen MR) is 134 cm³/mol. The van der Waals surface area contributed by atoms with Gasteiger partial charge in [0.1, 0.15) is 28.6 Å². The second-order valence-corrected chi connectivity index (χ2v) is 8.48. The number of fused-ring (bicyclic) bond motifs is 1. The SMILES string of the molecule is Cc1ccc(NC(=O)C(C#N)=Cc2c(Oc3ccc(Br)cc3)nc3c(C)cccn3c2=O)cc1. The number of pyridine rings is 1. The third kappa shape index (κ3) is 4.90. The van der Waals surface area contributed by atoms with Crippen LogP contribution >= 0.6 is 15.9 Å². The van der Waals surface area contributed by atoms with Crippen LogP contribution in [0.4, 0.5) is 5.69 Å². The van der Waals surface area contributed by atoms with Crippen LogP contribution in [0.15, 0.2) is 81.7 Å². The summed E-state index contributed by atoms with van der Waals surface area (Å²) in [5, 5.41) is 12.4. The summed E-state index contributed by atoms with van der Waals surface area (Å²) in [4.78, 5) is 30.7. The number of hydrogen-bond donors (Lipinski definition) is 1. The molecule has 2 heterocycles. The van der Waals surface area contributed by atoms with Crippen molar-refractivity contribution < 1.29 is 9.53 Å². The van der Waals surface area contributed by atoms with Crippen molar-refractivity contribution in [2.24, 2.45) is 0 Å². The zero-order valence-electron chi connectivity index (χ0n) is 18.4. The van der Waals surface area contributed by atoms with E-state index in [9.17, 15) is 14.9 Å². The molecule has 0 saturated heterocycles. The second-order valence-electron chi connectivity index (χ2n) is 7.57. The lowest BCUT2D eigenvalue weighted by atomic mass is 10.1. The van der Waals surface area contributed by atoms with Crippen LogP contribution in [0.1, 0.15) is 16.7 Å². The van der Waals surface area contributed by atoms with Crippen LogP contribution < -0.4 is 15.6 Å². The zero-order valence-corrected chi connectivity index (χ0v) is 20.0. The lowest BCUT2D eigenvalue weighted by molar-refractivity contribution is -0.112. The maximum atomic E-state index is 13.4. The van der Waals surface area contributed by atoms with Gasteiger partial charge in [-0.05, 0) is 68.0 Å². The van der Waals surface area contributed by atoms with Crippen LogP contribution in [0.5, 0.6) is 11.6 Å². The Kier molecular flexibility index (Phi) is 6.57. The summed E-state index contributed by atoms with van der Waals surface area (Å²) in [5.74, 6) is -0.197. The van der Waals surface area contributed by atoms with Crippen molar-refractivity contribution in [3.8, 4) is 17.7 Å². The van der Waals surface area contributed by atoms with E-state index in [2.05, 4.69) is 26.2 Å². The fraction of sp³-hybridized carbons (Fsp3) is 0.0769. The monoisotopic (exact) mass is 514 g/mol. The Bertz CT molecular complexity index is 1520. The Balaban J connectivity index is 1.82. The summed E-state index contributed by atoms with van der Waals surface area (Å²) in [7, 11) is 0. The van der Waals surface area contributed by atoms with Crippen molar-refractivity contribution in [1.82, 2.24) is 9.38 Å². The van der Waals surface area contributed by atoms with Crippen molar-refractivity contribution in [2.75, 3.05) is 5.32 Å². The smallest absolute Gasteiger partial charge is 0.269 e. The summed E-state index contributed by atoms with van der Waals surface area (Å²) >= 11 is 3.37. The highest BCUT2D eigenvalue weighted by molar-refractivity contribution is 9.10. The van der Waals surface area contributed by atoms with Crippen LogP contribution in [0.2, 0.25) is 0 Å². The lowest BCUT2D eigenvalue weighted by Gasteiger charge is -2.12. The number of anilines is 1. The van der Waals surface area contributed by atoms with Gasteiger partial charge < -0.3 is 10.1 Å². The molecule has 1 N–H and O–H groups in total. The maximum Gasteiger partial charge on any atom is 0.269 e. The highest BCUT2D eigenvalue weighted by Gasteiger charge is 2.18. The summed E-state index contributed by atoms with van der Waals surface area (Å²) in [5.41, 5.74) is 2.03. The van der Waals surface area contributed by atoms with E-state index in [4.69, 9.17) is 4.74 Å². The average molecular weight is 515 g/mol. The molecule has 0 aliphatic rings. The quantitative estimate of drug-likeness (QED) is 0.283. The number of carbonyl (C=O) groups excluding carboxylic acids is 1. The Morgan fingerprint density at radius 1 is 1.12 bits per heavy atom. The van der Waals surface area contributed by atoms with E-state index in [0.717, 1.165) is 15.6 Å². The van der Waals surface area contributed by atoms with Gasteiger partial charge in [0.15, 0.2) is 0 Å². The normalized spacial score (nSPS) is 11.2. The highest BCUT2D eigenvalue weighted by atomic mass is 79.9. The number of nitrogens with zero attached hydrogens (tertiary/aromatic N) is 3. The molecule has 8 heteroatoms. The molecule has 0 atom stereocenters. The van der Waals surface area contributed by atoms with E-state index < -0.39 is 11.5 Å². The molecular weight excluding hydrogens is 496 g/mol. The Morgan fingerprint density at radius 3 is 2.50 bits per heavy atom. The van der Waals surface area contributed by atoms with Crippen LogP contribution in [-0.2, 0) is 4.79 Å². The molecule has 0 bridgehead atoms. The molecule has 2 aromatic carbocycles. The molecule has 0 spiro atoms. The number of carbonyl (C=O) groups is 1. The molecule has 0 aliphatic heterocycles. The van der Waals surface area contributed by atoms with Crippen molar-refractivity contribution in [2.45, 2.75) is 13.8 Å². The number of nitriles is 1. The summed E-state index contributed by atoms with van der Waals surface area (Å²) < 4.78 is 8.16. The minimum absolute atomic E-state index is 0.00231. The number of ether oxygens (including phenoxy) is 1. The molecule has 0 saturated carbocycles. The number of halogens is 1. The van der Waals surface area contributed by atoms with Gasteiger partial charge in [0.25, 0.3) is 11.5 Å². The topological polar surface area (TPSA) is 96.5 Å². The number of hydrogen-bond acceptors (Lipinski definition) is 5. The van der Waals surface area contributed by atoms with Crippen LogP contribution in [-0.4, -0.2) is 15.3 Å². The van der Waals surface area contributed by atoms with Crippen molar-refractivity contribution >= 4 is 39.2 Å². The van der Waals surface area contributed by atoms with E-state index in [-0.39, 0.29) is 17.0 Å². The minimum Gasteiger partial charge on any atom is -0.438 e. The molecule has 4 aromatic rings. The van der Waals surface area contributed by atoms with Gasteiger partial charge in [-0.1, -0.05) is 39.7 Å². The van der Waals surface area contributed by atoms with Crippen molar-refractivity contribution in [3.63, 3.8) is 0 Å². The number of aromatic nitrogens is 2. The summed E-state index contributed by atoms with van der Waals surface area (Å²) in [6.45, 7) is 3.76. The number of rotatable bonds is 5.